The molecule has 0 spiro atoms. The van der Waals surface area contributed by atoms with Gasteiger partial charge in [-0.25, -0.2) is 0 Å². The monoisotopic (exact) mass is 291 g/mol. The van der Waals surface area contributed by atoms with Gasteiger partial charge in [-0.1, -0.05) is 18.2 Å². The fourth-order valence-corrected chi connectivity index (χ4v) is 2.35. The Labute approximate surface area is 126 Å². The van der Waals surface area contributed by atoms with Crippen molar-refractivity contribution in [1.29, 1.82) is 5.26 Å². The second kappa shape index (κ2) is 5.74. The normalized spacial score (nSPS) is 10.5. The molecule has 0 fully saturated rings. The highest BCUT2D eigenvalue weighted by atomic mass is 16.3. The van der Waals surface area contributed by atoms with Crippen LogP contribution in [0.3, 0.4) is 0 Å². The lowest BCUT2D eigenvalue weighted by atomic mass is 10.1. The molecule has 1 N–H and O–H groups in total. The van der Waals surface area contributed by atoms with Crippen molar-refractivity contribution >= 4 is 11.0 Å². The predicted octanol–water partition coefficient (Wildman–Crippen LogP) is 3.16. The molecule has 3 aromatic rings. The van der Waals surface area contributed by atoms with Gasteiger partial charge in [0.05, 0.1) is 17.9 Å². The van der Waals surface area contributed by atoms with Gasteiger partial charge in [-0.15, -0.1) is 0 Å². The van der Waals surface area contributed by atoms with Crippen LogP contribution in [0, 0.1) is 11.3 Å². The molecule has 108 valence electrons. The first kappa shape index (κ1) is 13.9. The molecule has 0 aliphatic heterocycles. The minimum atomic E-state index is -0.0986. The van der Waals surface area contributed by atoms with Crippen LogP contribution in [-0.2, 0) is 12.8 Å². The lowest BCUT2D eigenvalue weighted by Gasteiger charge is -2.05. The van der Waals surface area contributed by atoms with Crippen LogP contribution in [0.2, 0.25) is 0 Å². The molecule has 0 amide bonds. The molecule has 0 atom stereocenters. The molecule has 1 aromatic heterocycles. The van der Waals surface area contributed by atoms with Gasteiger partial charge in [0.1, 0.15) is 17.1 Å². The first-order chi connectivity index (χ1) is 10.7. The Morgan fingerprint density at radius 3 is 2.50 bits per heavy atom. The molecule has 1 heterocycles. The molecule has 4 nitrogen and oxygen atoms in total. The number of aromatic hydroxyl groups is 1. The zero-order valence-electron chi connectivity index (χ0n) is 11.7. The molecule has 4 heteroatoms. The number of rotatable bonds is 3. The third-order valence-electron chi connectivity index (χ3n) is 3.44. The largest absolute Gasteiger partial charge is 0.508 e. The van der Waals surface area contributed by atoms with E-state index in [4.69, 9.17) is 9.68 Å². The first-order valence-corrected chi connectivity index (χ1v) is 6.86. The summed E-state index contributed by atoms with van der Waals surface area (Å²) >= 11 is 0. The van der Waals surface area contributed by atoms with Gasteiger partial charge >= 0.3 is 0 Å². The summed E-state index contributed by atoms with van der Waals surface area (Å²) < 4.78 is 5.79. The van der Waals surface area contributed by atoms with E-state index in [1.165, 1.54) is 6.07 Å². The summed E-state index contributed by atoms with van der Waals surface area (Å²) in [5, 5.41) is 18.6. The van der Waals surface area contributed by atoms with E-state index in [1.807, 2.05) is 0 Å². The fourth-order valence-electron chi connectivity index (χ4n) is 2.35. The maximum Gasteiger partial charge on any atom is 0.192 e. The van der Waals surface area contributed by atoms with Crippen molar-refractivity contribution in [3.8, 4) is 11.8 Å². The molecule has 0 aliphatic carbocycles. The topological polar surface area (TPSA) is 74.2 Å². The molecular weight excluding hydrogens is 278 g/mol. The van der Waals surface area contributed by atoms with Gasteiger partial charge in [0.15, 0.2) is 5.43 Å². The van der Waals surface area contributed by atoms with E-state index in [1.54, 1.807) is 42.5 Å². The van der Waals surface area contributed by atoms with Crippen LogP contribution in [0.5, 0.6) is 5.75 Å². The summed E-state index contributed by atoms with van der Waals surface area (Å²) in [7, 11) is 0. The van der Waals surface area contributed by atoms with Crippen LogP contribution < -0.4 is 5.43 Å². The van der Waals surface area contributed by atoms with Crippen LogP contribution in [0.25, 0.3) is 11.0 Å². The average molecular weight is 291 g/mol. The second-order valence-electron chi connectivity index (χ2n) is 5.09. The van der Waals surface area contributed by atoms with Crippen molar-refractivity contribution in [1.82, 2.24) is 0 Å². The van der Waals surface area contributed by atoms with Crippen molar-refractivity contribution in [2.45, 2.75) is 12.8 Å². The number of phenols is 1. The maximum absolute atomic E-state index is 12.1. The zero-order valence-corrected chi connectivity index (χ0v) is 11.7. The minimum absolute atomic E-state index is 0.0986. The van der Waals surface area contributed by atoms with Crippen LogP contribution in [0.1, 0.15) is 16.9 Å². The lowest BCUT2D eigenvalue weighted by molar-refractivity contribution is 0.475. The third kappa shape index (κ3) is 2.84. The molecule has 2 aromatic carbocycles. The van der Waals surface area contributed by atoms with Gasteiger partial charge in [-0.2, -0.15) is 5.26 Å². The van der Waals surface area contributed by atoms with E-state index in [2.05, 4.69) is 6.07 Å². The van der Waals surface area contributed by atoms with Crippen molar-refractivity contribution in [3.05, 3.63) is 75.6 Å². The Hall–Kier alpha value is -3.06. The van der Waals surface area contributed by atoms with Crippen molar-refractivity contribution < 1.29 is 9.52 Å². The van der Waals surface area contributed by atoms with E-state index in [9.17, 15) is 9.90 Å². The Morgan fingerprint density at radius 2 is 1.77 bits per heavy atom. The summed E-state index contributed by atoms with van der Waals surface area (Å²) in [6, 6.07) is 15.5. The predicted molar refractivity (Wildman–Crippen MR) is 82.7 cm³/mol. The first-order valence-electron chi connectivity index (χ1n) is 6.86. The zero-order chi connectivity index (χ0) is 15.5. The second-order valence-corrected chi connectivity index (χ2v) is 5.09. The third-order valence-corrected chi connectivity index (χ3v) is 3.44. The van der Waals surface area contributed by atoms with E-state index < -0.39 is 0 Å². The molecule has 0 saturated carbocycles. The number of hydrogen-bond acceptors (Lipinski definition) is 4. The Morgan fingerprint density at radius 1 is 1.05 bits per heavy atom. The van der Waals surface area contributed by atoms with Crippen molar-refractivity contribution in [3.63, 3.8) is 0 Å². The summed E-state index contributed by atoms with van der Waals surface area (Å²) in [6.45, 7) is 0. The van der Waals surface area contributed by atoms with Gasteiger partial charge in [0.25, 0.3) is 0 Å². The standard InChI is InChI=1S/C18H13NO3/c19-8-7-13-3-6-16-17(21)11-15(22-18(16)10-13)9-12-1-4-14(20)5-2-12/h1-6,10-11,20H,7,9H2. The molecule has 22 heavy (non-hydrogen) atoms. The number of phenolic OH excluding ortho intramolecular Hbond substituents is 1. The SMILES string of the molecule is N#CCc1ccc2c(=O)cc(Cc3ccc(O)cc3)oc2c1. The minimum Gasteiger partial charge on any atom is -0.508 e. The lowest BCUT2D eigenvalue weighted by Crippen LogP contribution is -2.03. The van der Waals surface area contributed by atoms with Crippen LogP contribution in [0.4, 0.5) is 0 Å². The maximum atomic E-state index is 12.1. The number of hydrogen-bond donors (Lipinski definition) is 1. The van der Waals surface area contributed by atoms with E-state index >= 15 is 0 Å². The van der Waals surface area contributed by atoms with Crippen molar-refractivity contribution in [2.75, 3.05) is 0 Å². The molecular formula is C18H13NO3. The number of nitrogens with zero attached hydrogens (tertiary/aromatic N) is 1. The summed E-state index contributed by atoms with van der Waals surface area (Å²) in [6.07, 6.45) is 0.746. The van der Waals surface area contributed by atoms with Gasteiger partial charge in [-0.05, 0) is 35.4 Å². The summed E-state index contributed by atoms with van der Waals surface area (Å²) in [4.78, 5) is 12.1. The Kier molecular flexibility index (Phi) is 3.63. The quantitative estimate of drug-likeness (QED) is 0.804. The highest BCUT2D eigenvalue weighted by molar-refractivity contribution is 5.77. The number of benzene rings is 2. The molecule has 0 radical (unpaired) electrons. The van der Waals surface area contributed by atoms with Crippen LogP contribution in [-0.4, -0.2) is 5.11 Å². The Bertz CT molecular complexity index is 918. The highest BCUT2D eigenvalue weighted by Gasteiger charge is 2.07. The van der Waals surface area contributed by atoms with Crippen molar-refractivity contribution in [2.24, 2.45) is 0 Å². The summed E-state index contributed by atoms with van der Waals surface area (Å²) in [5.74, 6) is 0.752. The molecule has 0 aliphatic rings. The van der Waals surface area contributed by atoms with Gasteiger partial charge in [-0.3, -0.25) is 4.79 Å². The summed E-state index contributed by atoms with van der Waals surface area (Å²) in [5.41, 5.74) is 2.15. The molecule has 0 bridgehead atoms. The molecule has 0 unspecified atom stereocenters. The Balaban J connectivity index is 2.01. The number of fused-ring (bicyclic) bond motifs is 1. The van der Waals surface area contributed by atoms with Crippen LogP contribution >= 0.6 is 0 Å². The fraction of sp³-hybridized carbons (Fsp3) is 0.111. The highest BCUT2D eigenvalue weighted by Crippen LogP contribution is 2.18. The van der Waals surface area contributed by atoms with Gasteiger partial charge in [0.2, 0.25) is 0 Å². The van der Waals surface area contributed by atoms with E-state index in [0.29, 0.717) is 23.2 Å². The van der Waals surface area contributed by atoms with E-state index in [0.717, 1.165) is 11.1 Å². The van der Waals surface area contributed by atoms with Gasteiger partial charge in [0, 0.05) is 12.5 Å². The number of nitriles is 1. The average Bonchev–Trinajstić information content (AvgIpc) is 2.50. The smallest absolute Gasteiger partial charge is 0.192 e. The molecule has 0 saturated heterocycles. The van der Waals surface area contributed by atoms with Gasteiger partial charge < -0.3 is 9.52 Å². The van der Waals surface area contributed by atoms with Crippen LogP contribution in [0.15, 0.2) is 57.7 Å². The van der Waals surface area contributed by atoms with E-state index in [-0.39, 0.29) is 17.6 Å². The molecule has 3 rings (SSSR count).